The number of nitrogens with zero attached hydrogens (tertiary/aromatic N) is 2. The molecule has 124 valence electrons. The van der Waals surface area contributed by atoms with E-state index in [4.69, 9.17) is 0 Å². The summed E-state index contributed by atoms with van der Waals surface area (Å²) in [6.07, 6.45) is 1.83. The van der Waals surface area contributed by atoms with E-state index in [2.05, 4.69) is 55.4 Å². The summed E-state index contributed by atoms with van der Waals surface area (Å²) >= 11 is 0. The van der Waals surface area contributed by atoms with Crippen LogP contribution in [0.15, 0.2) is 36.5 Å². The lowest BCUT2D eigenvalue weighted by molar-refractivity contribution is 0.101. The molecule has 3 rings (SSSR count). The van der Waals surface area contributed by atoms with Gasteiger partial charge in [-0.15, -0.1) is 0 Å². The van der Waals surface area contributed by atoms with E-state index in [0.717, 1.165) is 22.3 Å². The lowest BCUT2D eigenvalue weighted by atomic mass is 9.98. The molecule has 0 aliphatic rings. The molecule has 0 aliphatic carbocycles. The molecule has 0 saturated carbocycles. The fraction of sp³-hybridized carbons (Fsp3) is 0.333. The number of Topliss-reactive ketones (excluding diaryl/α,β-unsaturated/α-hetero) is 1. The van der Waals surface area contributed by atoms with Crippen molar-refractivity contribution in [2.45, 2.75) is 47.1 Å². The standard InChI is InChI=1S/C21H24N2O/c1-13(2)19-10-15(4)8-17-11-20(16(5)24)23(21(17)19)12-18-9-14(3)6-7-22-18/h6-11,13H,12H2,1-5H3. The Kier molecular flexibility index (Phi) is 4.27. The number of benzene rings is 1. The molecule has 0 amide bonds. The Morgan fingerprint density at radius 2 is 1.88 bits per heavy atom. The Labute approximate surface area is 143 Å². The number of rotatable bonds is 4. The molecule has 0 aliphatic heterocycles. The van der Waals surface area contributed by atoms with Gasteiger partial charge in [0, 0.05) is 18.5 Å². The number of ketones is 1. The van der Waals surface area contributed by atoms with Crippen LogP contribution in [0.3, 0.4) is 0 Å². The average Bonchev–Trinajstić information content (AvgIpc) is 2.85. The van der Waals surface area contributed by atoms with Crippen LogP contribution < -0.4 is 0 Å². The number of aryl methyl sites for hydroxylation is 2. The number of aromatic nitrogens is 2. The van der Waals surface area contributed by atoms with Crippen molar-refractivity contribution < 1.29 is 4.79 Å². The normalized spacial score (nSPS) is 11.4. The number of carbonyl (C=O) groups excluding carboxylic acids is 1. The highest BCUT2D eigenvalue weighted by atomic mass is 16.1. The fourth-order valence-electron chi connectivity index (χ4n) is 3.35. The zero-order valence-electron chi connectivity index (χ0n) is 15.1. The van der Waals surface area contributed by atoms with Crippen LogP contribution in [-0.2, 0) is 6.54 Å². The summed E-state index contributed by atoms with van der Waals surface area (Å²) in [5, 5.41) is 1.14. The zero-order chi connectivity index (χ0) is 17.4. The third-order valence-corrected chi connectivity index (χ3v) is 4.44. The highest BCUT2D eigenvalue weighted by Crippen LogP contribution is 2.31. The summed E-state index contributed by atoms with van der Waals surface area (Å²) in [4.78, 5) is 16.7. The molecular formula is C21H24N2O. The molecule has 3 nitrogen and oxygen atoms in total. The first-order chi connectivity index (χ1) is 11.4. The lowest BCUT2D eigenvalue weighted by Gasteiger charge is -2.15. The van der Waals surface area contributed by atoms with Gasteiger partial charge < -0.3 is 4.57 Å². The van der Waals surface area contributed by atoms with Crippen molar-refractivity contribution in [3.05, 3.63) is 64.6 Å². The Bertz CT molecular complexity index is 919. The summed E-state index contributed by atoms with van der Waals surface area (Å²) in [5.74, 6) is 0.484. The number of hydrogen-bond acceptors (Lipinski definition) is 2. The minimum absolute atomic E-state index is 0.0891. The van der Waals surface area contributed by atoms with Crippen LogP contribution in [0, 0.1) is 13.8 Å². The molecule has 0 saturated heterocycles. The summed E-state index contributed by atoms with van der Waals surface area (Å²) < 4.78 is 2.13. The molecule has 0 unspecified atom stereocenters. The van der Waals surface area contributed by atoms with Crippen LogP contribution in [0.2, 0.25) is 0 Å². The fourth-order valence-corrected chi connectivity index (χ4v) is 3.35. The van der Waals surface area contributed by atoms with Gasteiger partial charge in [0.05, 0.1) is 23.4 Å². The zero-order valence-corrected chi connectivity index (χ0v) is 15.1. The summed E-state index contributed by atoms with van der Waals surface area (Å²) in [5.41, 5.74) is 6.58. The molecule has 0 bridgehead atoms. The highest BCUT2D eigenvalue weighted by molar-refractivity contribution is 5.99. The minimum Gasteiger partial charge on any atom is -0.332 e. The Hall–Kier alpha value is -2.42. The van der Waals surface area contributed by atoms with Crippen molar-refractivity contribution in [2.24, 2.45) is 0 Å². The summed E-state index contributed by atoms with van der Waals surface area (Å²) in [6.45, 7) is 10.8. The lowest BCUT2D eigenvalue weighted by Crippen LogP contribution is -2.10. The van der Waals surface area contributed by atoms with E-state index < -0.39 is 0 Å². The van der Waals surface area contributed by atoms with Gasteiger partial charge >= 0.3 is 0 Å². The van der Waals surface area contributed by atoms with Gasteiger partial charge in [0.2, 0.25) is 0 Å². The van der Waals surface area contributed by atoms with Crippen molar-refractivity contribution >= 4 is 16.7 Å². The topological polar surface area (TPSA) is 34.9 Å². The molecule has 2 aromatic heterocycles. The first-order valence-electron chi connectivity index (χ1n) is 8.43. The van der Waals surface area contributed by atoms with E-state index in [1.807, 2.05) is 18.3 Å². The molecule has 0 spiro atoms. The number of pyridine rings is 1. The van der Waals surface area contributed by atoms with Gasteiger partial charge in [-0.1, -0.05) is 25.5 Å². The van der Waals surface area contributed by atoms with Crippen molar-refractivity contribution in [2.75, 3.05) is 0 Å². The van der Waals surface area contributed by atoms with Crippen LogP contribution in [-0.4, -0.2) is 15.3 Å². The summed E-state index contributed by atoms with van der Waals surface area (Å²) in [7, 11) is 0. The van der Waals surface area contributed by atoms with Gasteiger partial charge in [0.15, 0.2) is 5.78 Å². The first kappa shape index (κ1) is 16.4. The molecule has 0 atom stereocenters. The maximum atomic E-state index is 12.2. The van der Waals surface area contributed by atoms with Crippen LogP contribution in [0.25, 0.3) is 10.9 Å². The number of hydrogen-bond donors (Lipinski definition) is 0. The second-order valence-electron chi connectivity index (χ2n) is 6.94. The van der Waals surface area contributed by atoms with Gasteiger partial charge in [-0.3, -0.25) is 9.78 Å². The number of fused-ring (bicyclic) bond motifs is 1. The van der Waals surface area contributed by atoms with Gasteiger partial charge in [-0.05, 0) is 55.2 Å². The molecule has 3 aromatic rings. The highest BCUT2D eigenvalue weighted by Gasteiger charge is 2.18. The van der Waals surface area contributed by atoms with Crippen LogP contribution >= 0.6 is 0 Å². The van der Waals surface area contributed by atoms with Crippen molar-refractivity contribution in [3.8, 4) is 0 Å². The van der Waals surface area contributed by atoms with Gasteiger partial charge in [0.1, 0.15) is 0 Å². The van der Waals surface area contributed by atoms with Crippen molar-refractivity contribution in [1.29, 1.82) is 0 Å². The van der Waals surface area contributed by atoms with Crippen LogP contribution in [0.5, 0.6) is 0 Å². The smallest absolute Gasteiger partial charge is 0.176 e. The monoisotopic (exact) mass is 320 g/mol. The maximum absolute atomic E-state index is 12.2. The Morgan fingerprint density at radius 3 is 2.50 bits per heavy atom. The second kappa shape index (κ2) is 6.23. The quantitative estimate of drug-likeness (QED) is 0.632. The molecular weight excluding hydrogens is 296 g/mol. The molecule has 0 N–H and O–H groups in total. The molecule has 0 radical (unpaired) electrons. The Morgan fingerprint density at radius 1 is 1.12 bits per heavy atom. The van der Waals surface area contributed by atoms with E-state index in [1.54, 1.807) is 6.92 Å². The van der Waals surface area contributed by atoms with Gasteiger partial charge in [-0.25, -0.2) is 0 Å². The second-order valence-corrected chi connectivity index (χ2v) is 6.94. The van der Waals surface area contributed by atoms with E-state index in [1.165, 1.54) is 16.7 Å². The predicted octanol–water partition coefficient (Wildman–Crippen LogP) is 5.03. The maximum Gasteiger partial charge on any atom is 0.176 e. The first-order valence-corrected chi connectivity index (χ1v) is 8.43. The summed E-state index contributed by atoms with van der Waals surface area (Å²) in [6, 6.07) is 10.5. The van der Waals surface area contributed by atoms with E-state index in [0.29, 0.717) is 12.5 Å². The predicted molar refractivity (Wildman–Crippen MR) is 98.8 cm³/mol. The molecule has 24 heavy (non-hydrogen) atoms. The molecule has 1 aromatic carbocycles. The van der Waals surface area contributed by atoms with E-state index >= 15 is 0 Å². The molecule has 2 heterocycles. The Balaban J connectivity index is 2.27. The van der Waals surface area contributed by atoms with E-state index in [9.17, 15) is 4.79 Å². The van der Waals surface area contributed by atoms with Gasteiger partial charge in [0.25, 0.3) is 0 Å². The number of carbonyl (C=O) groups is 1. The van der Waals surface area contributed by atoms with Crippen LogP contribution in [0.1, 0.15) is 59.6 Å². The third kappa shape index (κ3) is 2.99. The molecule has 0 fully saturated rings. The van der Waals surface area contributed by atoms with Crippen molar-refractivity contribution in [3.63, 3.8) is 0 Å². The van der Waals surface area contributed by atoms with Crippen molar-refractivity contribution in [1.82, 2.24) is 9.55 Å². The van der Waals surface area contributed by atoms with Gasteiger partial charge in [-0.2, -0.15) is 0 Å². The largest absolute Gasteiger partial charge is 0.332 e. The SMILES string of the molecule is CC(=O)c1cc2cc(C)cc(C(C)C)c2n1Cc1cc(C)ccn1. The van der Waals surface area contributed by atoms with Crippen LogP contribution in [0.4, 0.5) is 0 Å². The third-order valence-electron chi connectivity index (χ3n) is 4.44. The molecule has 3 heteroatoms. The average molecular weight is 320 g/mol. The minimum atomic E-state index is 0.0891. The van der Waals surface area contributed by atoms with E-state index in [-0.39, 0.29) is 5.78 Å².